The third kappa shape index (κ3) is 3.20. The van der Waals surface area contributed by atoms with E-state index in [-0.39, 0.29) is 5.75 Å². The highest BCUT2D eigenvalue weighted by atomic mass is 32.1. The summed E-state index contributed by atoms with van der Waals surface area (Å²) in [6.45, 7) is 2.72. The van der Waals surface area contributed by atoms with Gasteiger partial charge in [-0.1, -0.05) is 30.3 Å². The highest BCUT2D eigenvalue weighted by Crippen LogP contribution is 2.24. The Morgan fingerprint density at radius 1 is 1.32 bits per heavy atom. The number of phenols is 1. The maximum absolute atomic E-state index is 9.93. The van der Waals surface area contributed by atoms with Crippen molar-refractivity contribution in [1.82, 2.24) is 10.7 Å². The highest BCUT2D eigenvalue weighted by molar-refractivity contribution is 7.80. The summed E-state index contributed by atoms with van der Waals surface area (Å²) in [7, 11) is 0. The minimum Gasteiger partial charge on any atom is -0.507 e. The molecule has 0 saturated heterocycles. The quantitative estimate of drug-likeness (QED) is 0.373. The van der Waals surface area contributed by atoms with Crippen LogP contribution >= 0.6 is 12.2 Å². The van der Waals surface area contributed by atoms with Gasteiger partial charge in [0.05, 0.1) is 5.56 Å². The molecule has 0 aliphatic rings. The SMILES string of the molecule is CCNC(=S)N[NH+]=Cc1c(O)ccc2ccccc12. The molecule has 0 unspecified atom stereocenters. The van der Waals surface area contributed by atoms with Gasteiger partial charge in [0, 0.05) is 6.54 Å². The summed E-state index contributed by atoms with van der Waals surface area (Å²) in [5.41, 5.74) is 3.55. The van der Waals surface area contributed by atoms with Crippen molar-refractivity contribution in [2.24, 2.45) is 0 Å². The van der Waals surface area contributed by atoms with Crippen LogP contribution in [0.4, 0.5) is 0 Å². The maximum Gasteiger partial charge on any atom is 0.223 e. The molecule has 4 nitrogen and oxygen atoms in total. The fraction of sp³-hybridized carbons (Fsp3) is 0.143. The maximum atomic E-state index is 9.93. The second-order valence-corrected chi connectivity index (χ2v) is 4.40. The van der Waals surface area contributed by atoms with Crippen molar-refractivity contribution < 1.29 is 10.2 Å². The summed E-state index contributed by atoms with van der Waals surface area (Å²) < 4.78 is 0. The fourth-order valence-corrected chi connectivity index (χ4v) is 2.02. The van der Waals surface area contributed by atoms with E-state index in [1.165, 1.54) is 0 Å². The molecule has 2 aromatic rings. The van der Waals surface area contributed by atoms with E-state index in [0.717, 1.165) is 22.9 Å². The Hall–Kier alpha value is -2.14. The van der Waals surface area contributed by atoms with Crippen LogP contribution in [-0.2, 0) is 0 Å². The lowest BCUT2D eigenvalue weighted by atomic mass is 10.0. The molecule has 5 heteroatoms. The van der Waals surface area contributed by atoms with Crippen molar-refractivity contribution in [2.75, 3.05) is 6.54 Å². The van der Waals surface area contributed by atoms with Crippen molar-refractivity contribution >= 4 is 34.3 Å². The van der Waals surface area contributed by atoms with Gasteiger partial charge in [0.1, 0.15) is 5.75 Å². The van der Waals surface area contributed by atoms with Gasteiger partial charge in [-0.15, -0.1) is 10.5 Å². The molecule has 4 N–H and O–H groups in total. The molecular weight excluding hydrogens is 258 g/mol. The number of hydrazone groups is 1. The first-order valence-corrected chi connectivity index (χ1v) is 6.46. The molecule has 0 radical (unpaired) electrons. The molecule has 19 heavy (non-hydrogen) atoms. The lowest BCUT2D eigenvalue weighted by molar-refractivity contribution is -0.500. The Balaban J connectivity index is 2.27. The smallest absolute Gasteiger partial charge is 0.223 e. The molecule has 98 valence electrons. The van der Waals surface area contributed by atoms with Crippen molar-refractivity contribution in [3.05, 3.63) is 42.0 Å². The van der Waals surface area contributed by atoms with Crippen LogP contribution in [0.2, 0.25) is 0 Å². The standard InChI is InChI=1S/C14H15N3OS/c1-2-15-14(19)17-16-9-12-11-6-4-3-5-10(11)7-8-13(12)18/h3-9,18H,2H2,1H3,(H2,15,17,19)/p+1. The number of fused-ring (bicyclic) bond motifs is 1. The number of benzene rings is 2. The monoisotopic (exact) mass is 274 g/mol. The van der Waals surface area contributed by atoms with Crippen LogP contribution < -0.4 is 15.8 Å². The Bertz CT molecular complexity index is 625. The van der Waals surface area contributed by atoms with Gasteiger partial charge in [-0.25, -0.2) is 0 Å². The van der Waals surface area contributed by atoms with E-state index in [4.69, 9.17) is 12.2 Å². The number of hydrogen-bond donors (Lipinski definition) is 4. The van der Waals surface area contributed by atoms with Crippen LogP contribution in [0, 0.1) is 0 Å². The molecule has 0 aliphatic heterocycles. The van der Waals surface area contributed by atoms with Crippen LogP contribution in [0.1, 0.15) is 12.5 Å². The molecule has 2 rings (SSSR count). The Morgan fingerprint density at radius 2 is 2.11 bits per heavy atom. The lowest BCUT2D eigenvalue weighted by Crippen LogP contribution is -2.82. The summed E-state index contributed by atoms with van der Waals surface area (Å²) in [6, 6.07) is 11.4. The molecule has 0 atom stereocenters. The van der Waals surface area contributed by atoms with E-state index >= 15 is 0 Å². The molecule has 2 aromatic carbocycles. The molecule has 0 fully saturated rings. The van der Waals surface area contributed by atoms with Crippen molar-refractivity contribution in [1.29, 1.82) is 0 Å². The van der Waals surface area contributed by atoms with Gasteiger partial charge in [-0.05, 0) is 36.0 Å². The van der Waals surface area contributed by atoms with Gasteiger partial charge in [-0.2, -0.15) is 0 Å². The number of hydrazine groups is 1. The van der Waals surface area contributed by atoms with Crippen LogP contribution in [0.25, 0.3) is 10.8 Å². The molecule has 0 heterocycles. The third-order valence-corrected chi connectivity index (χ3v) is 2.93. The average Bonchev–Trinajstić information content (AvgIpc) is 2.41. The highest BCUT2D eigenvalue weighted by Gasteiger charge is 2.06. The van der Waals surface area contributed by atoms with E-state index in [2.05, 4.69) is 15.8 Å². The van der Waals surface area contributed by atoms with Gasteiger partial charge in [0.15, 0.2) is 0 Å². The number of rotatable bonds is 3. The predicted octanol–water partition coefficient (Wildman–Crippen LogP) is 0.444. The summed E-state index contributed by atoms with van der Waals surface area (Å²) in [6.07, 6.45) is 1.70. The van der Waals surface area contributed by atoms with E-state index in [9.17, 15) is 5.11 Å². The number of nitrogens with one attached hydrogen (secondary N) is 3. The summed E-state index contributed by atoms with van der Waals surface area (Å²) in [4.78, 5) is 0. The minimum atomic E-state index is 0.224. The predicted molar refractivity (Wildman–Crippen MR) is 81.2 cm³/mol. The average molecular weight is 274 g/mol. The number of phenolic OH excluding ortho intramolecular Hbond substituents is 1. The summed E-state index contributed by atoms with van der Waals surface area (Å²) in [5, 5.41) is 18.3. The van der Waals surface area contributed by atoms with Gasteiger partial charge < -0.3 is 10.4 Å². The first-order valence-electron chi connectivity index (χ1n) is 6.05. The first kappa shape index (κ1) is 13.3. The molecule has 0 bridgehead atoms. The molecule has 0 spiro atoms. The number of thiocarbonyl (C=S) groups is 1. The Kier molecular flexibility index (Phi) is 4.30. The van der Waals surface area contributed by atoms with Crippen LogP contribution in [0.3, 0.4) is 0 Å². The zero-order chi connectivity index (χ0) is 13.7. The van der Waals surface area contributed by atoms with Crippen molar-refractivity contribution in [3.8, 4) is 5.75 Å². The summed E-state index contributed by atoms with van der Waals surface area (Å²) in [5.74, 6) is 0.224. The van der Waals surface area contributed by atoms with Gasteiger partial charge in [0.25, 0.3) is 0 Å². The topological polar surface area (TPSA) is 58.3 Å². The molecule has 0 aromatic heterocycles. The van der Waals surface area contributed by atoms with E-state index in [0.29, 0.717) is 5.11 Å². The van der Waals surface area contributed by atoms with Gasteiger partial charge in [0.2, 0.25) is 11.3 Å². The third-order valence-electron chi connectivity index (χ3n) is 2.69. The Labute approximate surface area is 117 Å². The van der Waals surface area contributed by atoms with Crippen LogP contribution in [-0.4, -0.2) is 23.0 Å². The van der Waals surface area contributed by atoms with E-state index in [1.54, 1.807) is 12.3 Å². The molecule has 0 saturated carbocycles. The first-order chi connectivity index (χ1) is 9.22. The zero-order valence-electron chi connectivity index (χ0n) is 10.6. The van der Waals surface area contributed by atoms with E-state index in [1.807, 2.05) is 37.3 Å². The van der Waals surface area contributed by atoms with Crippen LogP contribution in [0.5, 0.6) is 5.75 Å². The number of aromatic hydroxyl groups is 1. The van der Waals surface area contributed by atoms with Crippen molar-refractivity contribution in [2.45, 2.75) is 6.92 Å². The second-order valence-electron chi connectivity index (χ2n) is 3.99. The minimum absolute atomic E-state index is 0.224. The van der Waals surface area contributed by atoms with Crippen molar-refractivity contribution in [3.63, 3.8) is 0 Å². The van der Waals surface area contributed by atoms with E-state index < -0.39 is 0 Å². The van der Waals surface area contributed by atoms with Crippen LogP contribution in [0.15, 0.2) is 36.4 Å². The second kappa shape index (κ2) is 6.15. The molecule has 0 amide bonds. The lowest BCUT2D eigenvalue weighted by Gasteiger charge is -2.03. The Morgan fingerprint density at radius 3 is 2.89 bits per heavy atom. The number of hydrogen-bond acceptors (Lipinski definition) is 2. The summed E-state index contributed by atoms with van der Waals surface area (Å²) >= 11 is 5.03. The largest absolute Gasteiger partial charge is 0.507 e. The molecule has 0 aliphatic carbocycles. The normalized spacial score (nSPS) is 10.8. The zero-order valence-corrected chi connectivity index (χ0v) is 11.4. The molecular formula is C14H16N3OS+. The fourth-order valence-electron chi connectivity index (χ4n) is 1.81. The van der Waals surface area contributed by atoms with Gasteiger partial charge in [-0.3, -0.25) is 0 Å². The van der Waals surface area contributed by atoms with Gasteiger partial charge >= 0.3 is 0 Å².